The average molecular weight is 463 g/mol. The van der Waals surface area contributed by atoms with Crippen LogP contribution < -0.4 is 10.9 Å². The van der Waals surface area contributed by atoms with Crippen molar-refractivity contribution >= 4 is 27.0 Å². The lowest BCUT2D eigenvalue weighted by Gasteiger charge is -2.16. The average Bonchev–Trinajstić information content (AvgIpc) is 2.96. The van der Waals surface area contributed by atoms with E-state index in [2.05, 4.69) is 10.3 Å². The first-order valence-electron chi connectivity index (χ1n) is 9.73. The molecule has 3 rings (SSSR count). The number of allylic oxidation sites excluding steroid dienone is 4. The second-order valence-electron chi connectivity index (χ2n) is 7.27. The number of carbonyl (C=O) groups is 1. The van der Waals surface area contributed by atoms with E-state index in [1.807, 2.05) is 0 Å². The molecule has 0 radical (unpaired) electrons. The van der Waals surface area contributed by atoms with Crippen LogP contribution in [0.15, 0.2) is 58.8 Å². The summed E-state index contributed by atoms with van der Waals surface area (Å²) in [5, 5.41) is 13.2. The Morgan fingerprint density at radius 3 is 2.78 bits per heavy atom. The van der Waals surface area contributed by atoms with Crippen LogP contribution in [0.25, 0.3) is 11.0 Å². The van der Waals surface area contributed by atoms with E-state index in [0.717, 1.165) is 8.87 Å². The third-order valence-electron chi connectivity index (χ3n) is 4.96. The minimum atomic E-state index is -3.62. The van der Waals surface area contributed by atoms with Crippen molar-refractivity contribution < 1.29 is 22.7 Å². The predicted molar refractivity (Wildman–Crippen MR) is 119 cm³/mol. The molecular formula is C21H23FN4O5S. The van der Waals surface area contributed by atoms with E-state index in [0.29, 0.717) is 12.0 Å². The number of rotatable bonds is 7. The van der Waals surface area contributed by atoms with Gasteiger partial charge in [0.2, 0.25) is 10.0 Å². The van der Waals surface area contributed by atoms with E-state index in [9.17, 15) is 27.5 Å². The Balaban J connectivity index is 1.96. The van der Waals surface area contributed by atoms with Gasteiger partial charge < -0.3 is 15.0 Å². The second kappa shape index (κ2) is 9.45. The van der Waals surface area contributed by atoms with Gasteiger partial charge >= 0.3 is 0 Å². The summed E-state index contributed by atoms with van der Waals surface area (Å²) in [5.41, 5.74) is -0.553. The molecule has 170 valence electrons. The van der Waals surface area contributed by atoms with Crippen LogP contribution in [-0.2, 0) is 16.6 Å². The van der Waals surface area contributed by atoms with Gasteiger partial charge in [-0.05, 0) is 36.3 Å². The molecule has 11 heteroatoms. The lowest BCUT2D eigenvalue weighted by molar-refractivity contribution is 0.0952. The lowest BCUT2D eigenvalue weighted by atomic mass is 10.1. The molecule has 0 saturated carbocycles. The zero-order valence-electron chi connectivity index (χ0n) is 17.6. The molecule has 1 amide bonds. The van der Waals surface area contributed by atoms with Crippen molar-refractivity contribution in [2.24, 2.45) is 0 Å². The number of aryl methyl sites for hydroxylation is 1. The first-order valence-corrected chi connectivity index (χ1v) is 11.3. The van der Waals surface area contributed by atoms with Gasteiger partial charge in [0, 0.05) is 33.4 Å². The fourth-order valence-corrected chi connectivity index (χ4v) is 3.90. The molecule has 0 unspecified atom stereocenters. The summed E-state index contributed by atoms with van der Waals surface area (Å²) in [6.07, 6.45) is 7.61. The number of nitrogens with one attached hydrogen (secondary N) is 1. The molecule has 0 bridgehead atoms. The molecule has 1 aliphatic carbocycles. The number of fused-ring (bicyclic) bond motifs is 1. The topological polar surface area (TPSA) is 122 Å². The van der Waals surface area contributed by atoms with Crippen molar-refractivity contribution in [3.63, 3.8) is 0 Å². The Kier molecular flexibility index (Phi) is 6.90. The number of carbonyl (C=O) groups excluding carboxylic acids is 1. The summed E-state index contributed by atoms with van der Waals surface area (Å²) in [7, 11) is -0.857. The highest BCUT2D eigenvalue weighted by Crippen LogP contribution is 2.24. The Morgan fingerprint density at radius 2 is 2.06 bits per heavy atom. The van der Waals surface area contributed by atoms with Crippen LogP contribution in [0.5, 0.6) is 5.75 Å². The Labute approximate surface area is 184 Å². The maximum Gasteiger partial charge on any atom is 0.267 e. The molecule has 2 heterocycles. The van der Waals surface area contributed by atoms with Crippen LogP contribution in [0.1, 0.15) is 16.8 Å². The second-order valence-corrected chi connectivity index (χ2v) is 9.57. The van der Waals surface area contributed by atoms with E-state index in [1.54, 1.807) is 6.08 Å². The van der Waals surface area contributed by atoms with E-state index >= 15 is 0 Å². The molecule has 0 fully saturated rings. The zero-order valence-corrected chi connectivity index (χ0v) is 18.4. The summed E-state index contributed by atoms with van der Waals surface area (Å²) in [6, 6.07) is 3.05. The van der Waals surface area contributed by atoms with E-state index in [1.165, 1.54) is 50.7 Å². The van der Waals surface area contributed by atoms with Crippen molar-refractivity contribution in [1.29, 1.82) is 0 Å². The minimum Gasteiger partial charge on any atom is -0.505 e. The summed E-state index contributed by atoms with van der Waals surface area (Å²) in [4.78, 5) is 30.0. The van der Waals surface area contributed by atoms with Crippen LogP contribution in [0.2, 0.25) is 0 Å². The van der Waals surface area contributed by atoms with Gasteiger partial charge in [-0.3, -0.25) is 14.6 Å². The van der Waals surface area contributed by atoms with Gasteiger partial charge in [0.1, 0.15) is 16.9 Å². The maximum absolute atomic E-state index is 13.3. The molecule has 2 N–H and O–H groups in total. The maximum atomic E-state index is 13.3. The van der Waals surface area contributed by atoms with Crippen LogP contribution in [0, 0.1) is 0 Å². The highest BCUT2D eigenvalue weighted by Gasteiger charge is 2.24. The molecule has 1 aliphatic rings. The summed E-state index contributed by atoms with van der Waals surface area (Å²) < 4.78 is 39.8. The Bertz CT molecular complexity index is 1310. The van der Waals surface area contributed by atoms with Crippen LogP contribution in [0.3, 0.4) is 0 Å². The summed E-state index contributed by atoms with van der Waals surface area (Å²) in [6.45, 7) is -0.231. The summed E-state index contributed by atoms with van der Waals surface area (Å²) in [5.74, 6) is -2.22. The summed E-state index contributed by atoms with van der Waals surface area (Å²) >= 11 is 0. The van der Waals surface area contributed by atoms with E-state index < -0.39 is 38.6 Å². The smallest absolute Gasteiger partial charge is 0.267 e. The van der Waals surface area contributed by atoms with Crippen LogP contribution in [-0.4, -0.2) is 59.7 Å². The Morgan fingerprint density at radius 1 is 1.31 bits per heavy atom. The van der Waals surface area contributed by atoms with Crippen molar-refractivity contribution in [2.45, 2.75) is 13.0 Å². The number of hydrogen-bond acceptors (Lipinski definition) is 6. The van der Waals surface area contributed by atoms with E-state index in [4.69, 9.17) is 0 Å². The normalized spacial score (nSPS) is 14.2. The fraction of sp³-hybridized carbons (Fsp3) is 0.286. The monoisotopic (exact) mass is 462 g/mol. The molecule has 2 aromatic heterocycles. The van der Waals surface area contributed by atoms with Gasteiger partial charge in [-0.15, -0.1) is 0 Å². The first kappa shape index (κ1) is 23.4. The van der Waals surface area contributed by atoms with Gasteiger partial charge in [-0.2, -0.15) is 0 Å². The van der Waals surface area contributed by atoms with Crippen molar-refractivity contribution in [3.05, 3.63) is 70.0 Å². The van der Waals surface area contributed by atoms with Gasteiger partial charge in [0.25, 0.3) is 11.5 Å². The highest BCUT2D eigenvalue weighted by atomic mass is 32.2. The zero-order chi connectivity index (χ0) is 23.5. The number of amides is 1. The molecule has 0 atom stereocenters. The third kappa shape index (κ3) is 4.94. The standard InChI is InChI=1S/C21H23FN4O5S/c1-25(2)32(30,31)12-11-26-16-7-4-10-23-18(16)19(27)17(21(26)29)20(28)24-13-14-5-3-6-15(22)9-8-14/h4-10,27H,3,11-13H2,1-2H3,(H,24,28). The largest absolute Gasteiger partial charge is 0.505 e. The molecule has 32 heavy (non-hydrogen) atoms. The SMILES string of the molecule is CN(C)S(=O)(=O)CCn1c(=O)c(C(=O)NCC2=CCC=C(F)C=C2)c(O)c2ncccc21. The van der Waals surface area contributed by atoms with Gasteiger partial charge in [0.15, 0.2) is 5.75 Å². The fourth-order valence-electron chi connectivity index (χ4n) is 3.12. The predicted octanol–water partition coefficient (Wildman–Crippen LogP) is 1.46. The molecular weight excluding hydrogens is 439 g/mol. The quantitative estimate of drug-likeness (QED) is 0.643. The number of sulfonamides is 1. The molecule has 0 aromatic carbocycles. The first-order chi connectivity index (χ1) is 15.1. The molecule has 0 spiro atoms. The lowest BCUT2D eigenvalue weighted by Crippen LogP contribution is -2.36. The molecule has 0 saturated heterocycles. The molecule has 0 aliphatic heterocycles. The van der Waals surface area contributed by atoms with Gasteiger partial charge in [-0.25, -0.2) is 17.1 Å². The third-order valence-corrected chi connectivity index (χ3v) is 6.77. The van der Waals surface area contributed by atoms with Crippen LogP contribution >= 0.6 is 0 Å². The number of aromatic nitrogens is 2. The van der Waals surface area contributed by atoms with Crippen molar-refractivity contribution in [3.8, 4) is 5.75 Å². The van der Waals surface area contributed by atoms with Crippen molar-refractivity contribution in [1.82, 2.24) is 19.2 Å². The number of aromatic hydroxyl groups is 1. The van der Waals surface area contributed by atoms with Crippen LogP contribution in [0.4, 0.5) is 4.39 Å². The molecule has 9 nitrogen and oxygen atoms in total. The number of halogens is 1. The van der Waals surface area contributed by atoms with E-state index in [-0.39, 0.29) is 29.9 Å². The Hall–Kier alpha value is -3.31. The number of pyridine rings is 2. The number of nitrogens with zero attached hydrogens (tertiary/aromatic N) is 3. The highest BCUT2D eigenvalue weighted by molar-refractivity contribution is 7.89. The molecule has 2 aromatic rings. The minimum absolute atomic E-state index is 0.000602. The number of hydrogen-bond donors (Lipinski definition) is 2. The van der Waals surface area contributed by atoms with Gasteiger partial charge in [-0.1, -0.05) is 12.2 Å². The van der Waals surface area contributed by atoms with Gasteiger partial charge in [0.05, 0.1) is 11.3 Å². The van der Waals surface area contributed by atoms with Crippen molar-refractivity contribution in [2.75, 3.05) is 26.4 Å².